The van der Waals surface area contributed by atoms with E-state index >= 15 is 0 Å². The normalized spacial score (nSPS) is 13.3. The zero-order chi connectivity index (χ0) is 16.8. The van der Waals surface area contributed by atoms with Gasteiger partial charge in [0.1, 0.15) is 17.7 Å². The average Bonchev–Trinajstić information content (AvgIpc) is 2.53. The van der Waals surface area contributed by atoms with E-state index in [1.807, 2.05) is 37.3 Å². The average molecular weight is 316 g/mol. The van der Waals surface area contributed by atoms with Crippen molar-refractivity contribution in [3.63, 3.8) is 0 Å². The molecule has 0 bridgehead atoms. The molecule has 0 spiro atoms. The van der Waals surface area contributed by atoms with E-state index in [2.05, 4.69) is 5.32 Å². The molecule has 3 N–H and O–H groups in total. The smallest absolute Gasteiger partial charge is 0.234 e. The van der Waals surface area contributed by atoms with Crippen LogP contribution < -0.4 is 15.8 Å². The second-order valence-corrected chi connectivity index (χ2v) is 5.46. The first-order valence-electron chi connectivity index (χ1n) is 7.49. The maximum atomic E-state index is 13.2. The summed E-state index contributed by atoms with van der Waals surface area (Å²) in [5.41, 5.74) is 7.00. The first kappa shape index (κ1) is 17.0. The monoisotopic (exact) mass is 316 g/mol. The molecule has 0 fully saturated rings. The fourth-order valence-electron chi connectivity index (χ4n) is 2.09. The van der Waals surface area contributed by atoms with Crippen LogP contribution in [-0.2, 0) is 11.3 Å². The van der Waals surface area contributed by atoms with Gasteiger partial charge < -0.3 is 15.8 Å². The number of hydrogen-bond donors (Lipinski definition) is 2. The molecule has 0 aliphatic heterocycles. The van der Waals surface area contributed by atoms with Gasteiger partial charge in [0.05, 0.1) is 6.04 Å². The van der Waals surface area contributed by atoms with Crippen molar-refractivity contribution in [2.45, 2.75) is 32.5 Å². The highest BCUT2D eigenvalue weighted by molar-refractivity contribution is 5.79. The molecule has 2 unspecified atom stereocenters. The Morgan fingerprint density at radius 2 is 1.91 bits per heavy atom. The minimum atomic E-state index is -0.381. The van der Waals surface area contributed by atoms with Gasteiger partial charge in [0.2, 0.25) is 5.91 Å². The predicted molar refractivity (Wildman–Crippen MR) is 87.4 cm³/mol. The Morgan fingerprint density at radius 3 is 2.52 bits per heavy atom. The van der Waals surface area contributed by atoms with Crippen LogP contribution >= 0.6 is 0 Å². The number of nitrogens with two attached hydrogens (primary N) is 1. The van der Waals surface area contributed by atoms with Crippen molar-refractivity contribution in [1.29, 1.82) is 0 Å². The lowest BCUT2D eigenvalue weighted by Gasteiger charge is -2.16. The van der Waals surface area contributed by atoms with Gasteiger partial charge in [0, 0.05) is 6.54 Å². The van der Waals surface area contributed by atoms with Crippen molar-refractivity contribution in [3.8, 4) is 5.75 Å². The number of halogens is 1. The largest absolute Gasteiger partial charge is 0.486 e. The molecule has 0 radical (unpaired) electrons. The fourth-order valence-corrected chi connectivity index (χ4v) is 2.09. The molecule has 0 aromatic heterocycles. The Bertz CT molecular complexity index is 658. The van der Waals surface area contributed by atoms with Crippen LogP contribution in [0.4, 0.5) is 4.39 Å². The molecule has 0 saturated heterocycles. The number of ether oxygens (including phenoxy) is 1. The number of nitrogens with one attached hydrogen (secondary N) is 1. The van der Waals surface area contributed by atoms with Crippen LogP contribution in [-0.4, -0.2) is 11.9 Å². The zero-order valence-electron chi connectivity index (χ0n) is 13.3. The van der Waals surface area contributed by atoms with Crippen molar-refractivity contribution < 1.29 is 13.9 Å². The number of carbonyl (C=O) groups is 1. The van der Waals surface area contributed by atoms with Gasteiger partial charge in [-0.1, -0.05) is 24.3 Å². The molecule has 0 aliphatic rings. The molecule has 2 aromatic rings. The fraction of sp³-hybridized carbons (Fsp3) is 0.278. The summed E-state index contributed by atoms with van der Waals surface area (Å²) in [7, 11) is 0. The molecule has 0 aliphatic carbocycles. The van der Waals surface area contributed by atoms with Crippen molar-refractivity contribution in [2.24, 2.45) is 5.73 Å². The number of carbonyl (C=O) groups excluding carboxylic acids is 1. The van der Waals surface area contributed by atoms with E-state index in [9.17, 15) is 9.18 Å². The summed E-state index contributed by atoms with van der Waals surface area (Å²) in [4.78, 5) is 11.0. The van der Waals surface area contributed by atoms with Crippen LogP contribution in [0.1, 0.15) is 31.1 Å². The molecule has 0 saturated carbocycles. The first-order valence-corrected chi connectivity index (χ1v) is 7.49. The van der Waals surface area contributed by atoms with E-state index in [1.165, 1.54) is 12.1 Å². The highest BCUT2D eigenvalue weighted by Gasteiger charge is 2.09. The van der Waals surface area contributed by atoms with E-state index in [0.29, 0.717) is 12.3 Å². The maximum absolute atomic E-state index is 13.2. The van der Waals surface area contributed by atoms with Crippen molar-refractivity contribution in [2.75, 3.05) is 0 Å². The Labute approximate surface area is 135 Å². The third kappa shape index (κ3) is 5.07. The maximum Gasteiger partial charge on any atom is 0.234 e. The zero-order valence-corrected chi connectivity index (χ0v) is 13.3. The molecule has 4 nitrogen and oxygen atoms in total. The van der Waals surface area contributed by atoms with Gasteiger partial charge in [-0.15, -0.1) is 0 Å². The standard InChI is InChI=1S/C18H21FN2O2/c1-12(18(20)22)21-11-14-6-8-17(9-7-14)23-13(2)15-4-3-5-16(19)10-15/h3-10,12-13,21H,11H2,1-2H3,(H2,20,22). The first-order chi connectivity index (χ1) is 11.0. The molecule has 0 heterocycles. The lowest BCUT2D eigenvalue weighted by molar-refractivity contribution is -0.119. The summed E-state index contributed by atoms with van der Waals surface area (Å²) in [5.74, 6) is 0.0466. The number of primary amides is 1. The van der Waals surface area contributed by atoms with Crippen LogP contribution in [0.5, 0.6) is 5.75 Å². The van der Waals surface area contributed by atoms with Crippen LogP contribution in [0.2, 0.25) is 0 Å². The number of amides is 1. The van der Waals surface area contributed by atoms with Crippen LogP contribution in [0, 0.1) is 5.82 Å². The van der Waals surface area contributed by atoms with Gasteiger partial charge >= 0.3 is 0 Å². The number of rotatable bonds is 7. The number of benzene rings is 2. The predicted octanol–water partition coefficient (Wildman–Crippen LogP) is 2.93. The lowest BCUT2D eigenvalue weighted by atomic mass is 10.1. The molecule has 1 amide bonds. The molecular formula is C18H21FN2O2. The van der Waals surface area contributed by atoms with Gasteiger partial charge in [0.15, 0.2) is 0 Å². The summed E-state index contributed by atoms with van der Waals surface area (Å²) < 4.78 is 19.0. The van der Waals surface area contributed by atoms with Gasteiger partial charge in [-0.25, -0.2) is 4.39 Å². The Hall–Kier alpha value is -2.40. The van der Waals surface area contributed by atoms with Crippen molar-refractivity contribution in [1.82, 2.24) is 5.32 Å². The molecule has 5 heteroatoms. The van der Waals surface area contributed by atoms with E-state index in [-0.39, 0.29) is 23.9 Å². The molecule has 2 aromatic carbocycles. The third-order valence-electron chi connectivity index (χ3n) is 3.59. The Balaban J connectivity index is 1.93. The summed E-state index contributed by atoms with van der Waals surface area (Å²) >= 11 is 0. The van der Waals surface area contributed by atoms with E-state index in [1.54, 1.807) is 13.0 Å². The SMILES string of the molecule is CC(NCc1ccc(OC(C)c2cccc(F)c2)cc1)C(N)=O. The molecule has 2 atom stereocenters. The second-order valence-electron chi connectivity index (χ2n) is 5.46. The Morgan fingerprint density at radius 1 is 1.22 bits per heavy atom. The van der Waals surface area contributed by atoms with Crippen molar-refractivity contribution in [3.05, 3.63) is 65.5 Å². The minimum Gasteiger partial charge on any atom is -0.486 e. The minimum absolute atomic E-state index is 0.246. The van der Waals surface area contributed by atoms with Crippen LogP contribution in [0.15, 0.2) is 48.5 Å². The third-order valence-corrected chi connectivity index (χ3v) is 3.59. The molecule has 23 heavy (non-hydrogen) atoms. The highest BCUT2D eigenvalue weighted by atomic mass is 19.1. The summed E-state index contributed by atoms with van der Waals surface area (Å²) in [6.45, 7) is 4.14. The summed E-state index contributed by atoms with van der Waals surface area (Å²) in [6, 6.07) is 13.5. The van der Waals surface area contributed by atoms with E-state index < -0.39 is 0 Å². The molecule has 122 valence electrons. The molecular weight excluding hydrogens is 295 g/mol. The summed E-state index contributed by atoms with van der Waals surface area (Å²) in [6.07, 6.45) is -0.246. The number of hydrogen-bond acceptors (Lipinski definition) is 3. The Kier molecular flexibility index (Phi) is 5.71. The lowest BCUT2D eigenvalue weighted by Crippen LogP contribution is -2.38. The van der Waals surface area contributed by atoms with Crippen LogP contribution in [0.3, 0.4) is 0 Å². The van der Waals surface area contributed by atoms with E-state index in [4.69, 9.17) is 10.5 Å². The van der Waals surface area contributed by atoms with Crippen molar-refractivity contribution >= 4 is 5.91 Å². The van der Waals surface area contributed by atoms with Gasteiger partial charge in [-0.05, 0) is 49.2 Å². The van der Waals surface area contributed by atoms with Gasteiger partial charge in [0.25, 0.3) is 0 Å². The van der Waals surface area contributed by atoms with E-state index in [0.717, 1.165) is 11.1 Å². The molecule has 2 rings (SSSR count). The highest BCUT2D eigenvalue weighted by Crippen LogP contribution is 2.22. The van der Waals surface area contributed by atoms with Crippen LogP contribution in [0.25, 0.3) is 0 Å². The summed E-state index contributed by atoms with van der Waals surface area (Å²) in [5, 5.41) is 3.03. The second kappa shape index (κ2) is 7.74. The van der Waals surface area contributed by atoms with Gasteiger partial charge in [-0.2, -0.15) is 0 Å². The van der Waals surface area contributed by atoms with Gasteiger partial charge in [-0.3, -0.25) is 4.79 Å². The quantitative estimate of drug-likeness (QED) is 0.825. The topological polar surface area (TPSA) is 64.3 Å².